The molecule has 10 heteroatoms. The van der Waals surface area contributed by atoms with Crippen LogP contribution in [0.1, 0.15) is 0 Å². The average Bonchev–Trinajstić information content (AvgIpc) is 2.18. The van der Waals surface area contributed by atoms with Crippen LogP contribution in [-0.4, -0.2) is 18.8 Å². The van der Waals surface area contributed by atoms with Gasteiger partial charge in [-0.25, -0.2) is 4.79 Å². The Kier molecular flexibility index (Phi) is 4.05. The van der Waals surface area contributed by atoms with Crippen LogP contribution in [0.4, 0.5) is 32.0 Å². The highest BCUT2D eigenvalue weighted by Crippen LogP contribution is 2.38. The van der Waals surface area contributed by atoms with Crippen molar-refractivity contribution in [2.75, 3.05) is 0 Å². The number of alkyl halides is 6. The van der Waals surface area contributed by atoms with Gasteiger partial charge in [-0.1, -0.05) is 0 Å². The fraction of sp³-hybridized carbons (Fsp3) is 0.222. The minimum atomic E-state index is -5.23. The second-order valence-corrected chi connectivity index (χ2v) is 2.93. The standard InChI is InChI=1S/C9H3F6NO3/c10-8(11,12)18-6-2-1-5(16-4-17)3-7(6)19-9(13,14)15/h1-3H. The van der Waals surface area contributed by atoms with Gasteiger partial charge in [0.05, 0.1) is 5.69 Å². The number of benzene rings is 1. The summed E-state index contributed by atoms with van der Waals surface area (Å²) in [4.78, 5) is 12.9. The summed E-state index contributed by atoms with van der Waals surface area (Å²) in [6.07, 6.45) is -9.41. The summed E-state index contributed by atoms with van der Waals surface area (Å²) < 4.78 is 78.6. The summed E-state index contributed by atoms with van der Waals surface area (Å²) >= 11 is 0. The lowest BCUT2D eigenvalue weighted by Gasteiger charge is -2.15. The van der Waals surface area contributed by atoms with E-state index in [9.17, 15) is 31.1 Å². The molecule has 104 valence electrons. The molecule has 0 saturated heterocycles. The molecule has 0 aliphatic rings. The first-order valence-corrected chi connectivity index (χ1v) is 4.34. The molecule has 0 unspecified atom stereocenters. The Morgan fingerprint density at radius 2 is 1.47 bits per heavy atom. The summed E-state index contributed by atoms with van der Waals surface area (Å²) in [5, 5.41) is 0. The number of carbonyl (C=O) groups excluding carboxylic acids is 1. The quantitative estimate of drug-likeness (QED) is 0.486. The van der Waals surface area contributed by atoms with Crippen LogP contribution in [0.5, 0.6) is 11.5 Å². The minimum absolute atomic E-state index is 0.372. The maximum Gasteiger partial charge on any atom is 0.573 e. The topological polar surface area (TPSA) is 47.9 Å². The van der Waals surface area contributed by atoms with E-state index in [-0.39, 0.29) is 5.69 Å². The average molecular weight is 287 g/mol. The second-order valence-electron chi connectivity index (χ2n) is 2.93. The largest absolute Gasteiger partial charge is 0.573 e. The third-order valence-electron chi connectivity index (χ3n) is 1.55. The van der Waals surface area contributed by atoms with Gasteiger partial charge in [0.15, 0.2) is 11.5 Å². The van der Waals surface area contributed by atoms with Crippen molar-refractivity contribution in [1.29, 1.82) is 0 Å². The van der Waals surface area contributed by atoms with Crippen molar-refractivity contribution in [3.05, 3.63) is 18.2 Å². The predicted octanol–water partition coefficient (Wildman–Crippen LogP) is 3.45. The molecule has 0 aromatic heterocycles. The molecule has 4 nitrogen and oxygen atoms in total. The summed E-state index contributed by atoms with van der Waals surface area (Å²) in [7, 11) is 0. The molecule has 19 heavy (non-hydrogen) atoms. The van der Waals surface area contributed by atoms with Crippen LogP contribution in [0.15, 0.2) is 23.2 Å². The number of nitrogens with zero attached hydrogens (tertiary/aromatic N) is 1. The molecule has 0 bridgehead atoms. The van der Waals surface area contributed by atoms with Crippen molar-refractivity contribution in [3.8, 4) is 11.5 Å². The number of aliphatic imine (C=N–C) groups is 1. The maximum absolute atomic E-state index is 12.0. The van der Waals surface area contributed by atoms with E-state index >= 15 is 0 Å². The molecule has 0 heterocycles. The summed E-state index contributed by atoms with van der Waals surface area (Å²) in [6.45, 7) is 0. The minimum Gasteiger partial charge on any atom is -0.402 e. The van der Waals surface area contributed by atoms with E-state index in [1.54, 1.807) is 0 Å². The Balaban J connectivity index is 3.18. The number of ether oxygens (including phenoxy) is 2. The SMILES string of the molecule is O=C=Nc1ccc(OC(F)(F)F)c(OC(F)(F)F)c1. The highest BCUT2D eigenvalue weighted by molar-refractivity contribution is 5.56. The van der Waals surface area contributed by atoms with Crippen molar-refractivity contribution in [2.45, 2.75) is 12.7 Å². The normalized spacial score (nSPS) is 11.7. The van der Waals surface area contributed by atoms with Crippen molar-refractivity contribution >= 4 is 11.8 Å². The van der Waals surface area contributed by atoms with E-state index in [1.165, 1.54) is 0 Å². The molecule has 0 N–H and O–H groups in total. The van der Waals surface area contributed by atoms with E-state index in [2.05, 4.69) is 14.5 Å². The molecule has 0 aliphatic heterocycles. The third kappa shape index (κ3) is 5.30. The Morgan fingerprint density at radius 3 is 1.95 bits per heavy atom. The fourth-order valence-corrected chi connectivity index (χ4v) is 1.03. The van der Waals surface area contributed by atoms with Crippen molar-refractivity contribution < 1.29 is 40.6 Å². The van der Waals surface area contributed by atoms with E-state index < -0.39 is 24.2 Å². The molecule has 0 atom stereocenters. The molecule has 0 saturated carbocycles. The van der Waals surface area contributed by atoms with Crippen LogP contribution in [0.25, 0.3) is 0 Å². The van der Waals surface area contributed by atoms with Gasteiger partial charge in [-0.2, -0.15) is 4.99 Å². The first-order chi connectivity index (χ1) is 8.61. The Hall–Kier alpha value is -2.22. The number of halogens is 6. The van der Waals surface area contributed by atoms with Gasteiger partial charge < -0.3 is 9.47 Å². The predicted molar refractivity (Wildman–Crippen MR) is 47.6 cm³/mol. The lowest BCUT2D eigenvalue weighted by molar-refractivity contribution is -0.287. The molecule has 0 aliphatic carbocycles. The summed E-state index contributed by atoms with van der Waals surface area (Å²) in [6, 6.07) is 1.82. The number of hydrogen-bond acceptors (Lipinski definition) is 4. The smallest absolute Gasteiger partial charge is 0.402 e. The molecule has 0 spiro atoms. The van der Waals surface area contributed by atoms with Crippen molar-refractivity contribution in [1.82, 2.24) is 0 Å². The molecule has 1 aromatic carbocycles. The van der Waals surface area contributed by atoms with Crippen LogP contribution in [0.2, 0.25) is 0 Å². The highest BCUT2D eigenvalue weighted by atomic mass is 19.4. The lowest BCUT2D eigenvalue weighted by atomic mass is 10.3. The zero-order chi connectivity index (χ0) is 14.7. The Morgan fingerprint density at radius 1 is 0.947 bits per heavy atom. The van der Waals surface area contributed by atoms with Crippen LogP contribution in [0, 0.1) is 0 Å². The first-order valence-electron chi connectivity index (χ1n) is 4.34. The highest BCUT2D eigenvalue weighted by Gasteiger charge is 2.36. The second kappa shape index (κ2) is 5.19. The van der Waals surface area contributed by atoms with Gasteiger partial charge in [-0.15, -0.1) is 26.3 Å². The van der Waals surface area contributed by atoms with E-state index in [1.807, 2.05) is 0 Å². The first kappa shape index (κ1) is 14.8. The number of isocyanates is 1. The molecule has 0 amide bonds. The van der Waals surface area contributed by atoms with E-state index in [0.29, 0.717) is 12.1 Å². The van der Waals surface area contributed by atoms with Crippen molar-refractivity contribution in [2.24, 2.45) is 4.99 Å². The summed E-state index contributed by atoms with van der Waals surface area (Å²) in [5.41, 5.74) is -0.372. The van der Waals surface area contributed by atoms with E-state index in [0.717, 1.165) is 12.1 Å². The van der Waals surface area contributed by atoms with Crippen molar-refractivity contribution in [3.63, 3.8) is 0 Å². The van der Waals surface area contributed by atoms with Gasteiger partial charge in [0.25, 0.3) is 0 Å². The number of rotatable bonds is 3. The third-order valence-corrected chi connectivity index (χ3v) is 1.55. The van der Waals surface area contributed by atoms with Crippen LogP contribution < -0.4 is 9.47 Å². The molecular weight excluding hydrogens is 284 g/mol. The van der Waals surface area contributed by atoms with E-state index in [4.69, 9.17) is 0 Å². The monoisotopic (exact) mass is 287 g/mol. The maximum atomic E-state index is 12.0. The molecular formula is C9H3F6NO3. The zero-order valence-corrected chi connectivity index (χ0v) is 8.67. The molecule has 0 radical (unpaired) electrons. The van der Waals surface area contributed by atoms with Gasteiger partial charge in [-0.3, -0.25) is 0 Å². The number of hydrogen-bond donors (Lipinski definition) is 0. The fourth-order valence-electron chi connectivity index (χ4n) is 1.03. The van der Waals surface area contributed by atoms with Crippen LogP contribution in [0.3, 0.4) is 0 Å². The van der Waals surface area contributed by atoms with Gasteiger partial charge in [0, 0.05) is 6.07 Å². The van der Waals surface area contributed by atoms with Crippen LogP contribution in [-0.2, 0) is 4.79 Å². The molecule has 1 rings (SSSR count). The zero-order valence-electron chi connectivity index (χ0n) is 8.67. The Labute approximate surface area is 101 Å². The molecule has 0 fully saturated rings. The van der Waals surface area contributed by atoms with Gasteiger partial charge in [-0.05, 0) is 12.1 Å². The summed E-state index contributed by atoms with van der Waals surface area (Å²) in [5.74, 6) is -2.49. The molecule has 1 aromatic rings. The Bertz CT molecular complexity index is 504. The van der Waals surface area contributed by atoms with Crippen LogP contribution >= 0.6 is 0 Å². The van der Waals surface area contributed by atoms with Gasteiger partial charge >= 0.3 is 12.7 Å². The van der Waals surface area contributed by atoms with Gasteiger partial charge in [0.1, 0.15) is 0 Å². The van der Waals surface area contributed by atoms with Gasteiger partial charge in [0.2, 0.25) is 6.08 Å². The lowest BCUT2D eigenvalue weighted by Crippen LogP contribution is -2.21.